The molecule has 0 bridgehead atoms. The molecular formula is C17H14F3N3O3S. The Morgan fingerprint density at radius 1 is 1.11 bits per heavy atom. The number of anilines is 1. The van der Waals surface area contributed by atoms with Gasteiger partial charge >= 0.3 is 6.18 Å². The van der Waals surface area contributed by atoms with Gasteiger partial charge in [-0.1, -0.05) is 0 Å². The normalized spacial score (nSPS) is 12.6. The molecule has 2 aromatic carbocycles. The maximum atomic E-state index is 13.2. The van der Waals surface area contributed by atoms with Crippen molar-refractivity contribution in [2.45, 2.75) is 6.18 Å². The number of rotatable bonds is 5. The highest BCUT2D eigenvalue weighted by Gasteiger charge is 2.35. The van der Waals surface area contributed by atoms with E-state index in [4.69, 9.17) is 9.29 Å². The molecule has 0 saturated carbocycles. The van der Waals surface area contributed by atoms with Crippen LogP contribution in [0.5, 0.6) is 5.75 Å². The highest BCUT2D eigenvalue weighted by atomic mass is 32.2. The molecule has 1 heterocycles. The molecule has 0 spiro atoms. The van der Waals surface area contributed by atoms with Crippen LogP contribution >= 0.6 is 0 Å². The van der Waals surface area contributed by atoms with Crippen molar-refractivity contribution in [2.24, 2.45) is 0 Å². The standard InChI is InChI=1S/C17H14F3N3O3S/c1-26-14-8-2-11(3-9-14)15-10-16(17(18,19)20)21-23(15)13-6-4-12(5-7-13)22-27(24)25/h2-10,22H,1H3,(H,24,25). The van der Waals surface area contributed by atoms with E-state index in [0.717, 1.165) is 6.07 Å². The van der Waals surface area contributed by atoms with Gasteiger partial charge < -0.3 is 4.74 Å². The van der Waals surface area contributed by atoms with Crippen LogP contribution in [-0.2, 0) is 17.4 Å². The van der Waals surface area contributed by atoms with Crippen LogP contribution in [0.15, 0.2) is 54.6 Å². The van der Waals surface area contributed by atoms with Crippen molar-refractivity contribution in [1.82, 2.24) is 9.78 Å². The molecule has 142 valence electrons. The Hall–Kier alpha value is -2.85. The second-order valence-electron chi connectivity index (χ2n) is 5.45. The topological polar surface area (TPSA) is 76.4 Å². The summed E-state index contributed by atoms with van der Waals surface area (Å²) in [6.45, 7) is 0. The monoisotopic (exact) mass is 397 g/mol. The minimum Gasteiger partial charge on any atom is -0.497 e. The van der Waals surface area contributed by atoms with Crippen molar-refractivity contribution < 1.29 is 26.7 Å². The summed E-state index contributed by atoms with van der Waals surface area (Å²) in [5.41, 5.74) is 0.459. The quantitative estimate of drug-likeness (QED) is 0.635. The van der Waals surface area contributed by atoms with Gasteiger partial charge in [0.1, 0.15) is 5.75 Å². The van der Waals surface area contributed by atoms with Crippen LogP contribution in [0.4, 0.5) is 18.9 Å². The summed E-state index contributed by atoms with van der Waals surface area (Å²) in [7, 11) is 1.50. The maximum Gasteiger partial charge on any atom is 0.435 e. The lowest BCUT2D eigenvalue weighted by Gasteiger charge is -2.09. The molecule has 3 aromatic rings. The average molecular weight is 397 g/mol. The Morgan fingerprint density at radius 3 is 2.26 bits per heavy atom. The second-order valence-corrected chi connectivity index (χ2v) is 6.15. The first-order valence-corrected chi connectivity index (χ1v) is 8.68. The van der Waals surface area contributed by atoms with Gasteiger partial charge in [-0.25, -0.2) is 8.89 Å². The van der Waals surface area contributed by atoms with Crippen LogP contribution in [0.2, 0.25) is 0 Å². The van der Waals surface area contributed by atoms with Gasteiger partial charge in [-0.05, 0) is 54.6 Å². The molecule has 1 aromatic heterocycles. The number of hydrogen-bond acceptors (Lipinski definition) is 3. The number of benzene rings is 2. The number of methoxy groups -OCH3 is 1. The van der Waals surface area contributed by atoms with Crippen LogP contribution in [-0.4, -0.2) is 25.7 Å². The van der Waals surface area contributed by atoms with Crippen LogP contribution in [0, 0.1) is 0 Å². The summed E-state index contributed by atoms with van der Waals surface area (Å²) in [5, 5.41) is 3.69. The first-order chi connectivity index (χ1) is 12.8. The van der Waals surface area contributed by atoms with E-state index in [1.54, 1.807) is 24.3 Å². The van der Waals surface area contributed by atoms with Crippen molar-refractivity contribution in [2.75, 3.05) is 11.8 Å². The third-order valence-corrected chi connectivity index (χ3v) is 4.11. The highest BCUT2D eigenvalue weighted by molar-refractivity contribution is 7.80. The van der Waals surface area contributed by atoms with Gasteiger partial charge in [0.2, 0.25) is 0 Å². The Balaban J connectivity index is 2.07. The van der Waals surface area contributed by atoms with Gasteiger partial charge in [-0.15, -0.1) is 0 Å². The number of ether oxygens (including phenoxy) is 1. The second kappa shape index (κ2) is 7.41. The molecule has 6 nitrogen and oxygen atoms in total. The molecule has 0 aliphatic carbocycles. The van der Waals surface area contributed by atoms with Crippen molar-refractivity contribution in [1.29, 1.82) is 0 Å². The van der Waals surface area contributed by atoms with Crippen LogP contribution in [0.3, 0.4) is 0 Å². The zero-order valence-electron chi connectivity index (χ0n) is 13.9. The molecule has 0 radical (unpaired) electrons. The van der Waals surface area contributed by atoms with Gasteiger partial charge in [0.05, 0.1) is 18.5 Å². The molecule has 0 aliphatic heterocycles. The number of alkyl halides is 3. The molecule has 0 fully saturated rings. The predicted molar refractivity (Wildman–Crippen MR) is 94.9 cm³/mol. The van der Waals surface area contributed by atoms with E-state index in [1.165, 1.54) is 36.1 Å². The van der Waals surface area contributed by atoms with Crippen molar-refractivity contribution in [3.05, 3.63) is 60.3 Å². The van der Waals surface area contributed by atoms with Crippen LogP contribution in [0.25, 0.3) is 16.9 Å². The maximum absolute atomic E-state index is 13.2. The largest absolute Gasteiger partial charge is 0.497 e. The average Bonchev–Trinajstić information content (AvgIpc) is 3.08. The van der Waals surface area contributed by atoms with Crippen LogP contribution in [0.1, 0.15) is 5.69 Å². The predicted octanol–water partition coefficient (Wildman–Crippen LogP) is 4.12. The minimum atomic E-state index is -4.60. The first-order valence-electron chi connectivity index (χ1n) is 7.57. The van der Waals surface area contributed by atoms with Gasteiger partial charge in [0, 0.05) is 11.3 Å². The van der Waals surface area contributed by atoms with Gasteiger partial charge in [-0.2, -0.15) is 18.3 Å². The fourth-order valence-electron chi connectivity index (χ4n) is 2.46. The molecule has 1 unspecified atom stereocenters. The van der Waals surface area contributed by atoms with Crippen molar-refractivity contribution >= 4 is 17.0 Å². The molecule has 1 atom stereocenters. The Labute approximate surface area is 155 Å². The number of hydrogen-bond donors (Lipinski definition) is 2. The third-order valence-electron chi connectivity index (χ3n) is 3.70. The number of aromatic nitrogens is 2. The Kier molecular flexibility index (Phi) is 5.19. The summed E-state index contributed by atoms with van der Waals surface area (Å²) in [6.07, 6.45) is -4.60. The molecule has 27 heavy (non-hydrogen) atoms. The summed E-state index contributed by atoms with van der Waals surface area (Å²) in [4.78, 5) is 0. The zero-order chi connectivity index (χ0) is 19.6. The van der Waals surface area contributed by atoms with Gasteiger partial charge in [0.15, 0.2) is 5.69 Å². The fourth-order valence-corrected chi connectivity index (χ4v) is 2.79. The zero-order valence-corrected chi connectivity index (χ0v) is 14.7. The molecular weight excluding hydrogens is 383 g/mol. The molecule has 0 amide bonds. The molecule has 0 saturated heterocycles. The molecule has 3 rings (SSSR count). The van der Waals surface area contributed by atoms with E-state index in [1.807, 2.05) is 0 Å². The Morgan fingerprint density at radius 2 is 1.74 bits per heavy atom. The molecule has 2 N–H and O–H groups in total. The van der Waals surface area contributed by atoms with E-state index in [2.05, 4.69) is 9.82 Å². The summed E-state index contributed by atoms with van der Waals surface area (Å²) < 4.78 is 67.6. The lowest BCUT2D eigenvalue weighted by Crippen LogP contribution is -2.07. The number of nitrogens with one attached hydrogen (secondary N) is 1. The summed E-state index contributed by atoms with van der Waals surface area (Å²) >= 11 is -2.25. The van der Waals surface area contributed by atoms with E-state index in [9.17, 15) is 17.4 Å². The Bertz CT molecular complexity index is 954. The minimum absolute atomic E-state index is 0.247. The lowest BCUT2D eigenvalue weighted by atomic mass is 10.1. The first kappa shape index (κ1) is 18.9. The van der Waals surface area contributed by atoms with Gasteiger partial charge in [0.25, 0.3) is 11.3 Å². The van der Waals surface area contributed by atoms with Crippen molar-refractivity contribution in [3.8, 4) is 22.7 Å². The number of nitrogens with zero attached hydrogens (tertiary/aromatic N) is 2. The highest BCUT2D eigenvalue weighted by Crippen LogP contribution is 2.33. The van der Waals surface area contributed by atoms with E-state index in [-0.39, 0.29) is 5.69 Å². The smallest absolute Gasteiger partial charge is 0.435 e. The summed E-state index contributed by atoms with van der Waals surface area (Å²) in [6, 6.07) is 13.5. The summed E-state index contributed by atoms with van der Waals surface area (Å²) in [5.74, 6) is 0.577. The van der Waals surface area contributed by atoms with Crippen LogP contribution < -0.4 is 9.46 Å². The fraction of sp³-hybridized carbons (Fsp3) is 0.118. The molecule has 0 aliphatic rings. The number of halogens is 3. The molecule has 10 heteroatoms. The van der Waals surface area contributed by atoms with E-state index in [0.29, 0.717) is 22.7 Å². The van der Waals surface area contributed by atoms with E-state index >= 15 is 0 Å². The lowest BCUT2D eigenvalue weighted by molar-refractivity contribution is -0.141. The van der Waals surface area contributed by atoms with Gasteiger partial charge in [-0.3, -0.25) is 9.27 Å². The third kappa shape index (κ3) is 4.29. The SMILES string of the molecule is COc1ccc(-c2cc(C(F)(F)F)nn2-c2ccc(NS(=O)O)cc2)cc1. The van der Waals surface area contributed by atoms with Crippen molar-refractivity contribution in [3.63, 3.8) is 0 Å². The van der Waals surface area contributed by atoms with E-state index < -0.39 is 23.1 Å².